The molecule has 3 heteroatoms. The van der Waals surface area contributed by atoms with E-state index in [4.69, 9.17) is 0 Å². The molecule has 0 saturated heterocycles. The molecule has 2 saturated carbocycles. The highest BCUT2D eigenvalue weighted by atomic mass is 32.2. The molecule has 13 heavy (non-hydrogen) atoms. The van der Waals surface area contributed by atoms with Crippen LogP contribution in [0.4, 0.5) is 0 Å². The number of sulfone groups is 1. The van der Waals surface area contributed by atoms with E-state index < -0.39 is 9.84 Å². The molecule has 0 aromatic rings. The van der Waals surface area contributed by atoms with Gasteiger partial charge in [-0.05, 0) is 43.4 Å². The van der Waals surface area contributed by atoms with Gasteiger partial charge in [0.15, 0.2) is 9.84 Å². The predicted octanol–water partition coefficient (Wildman–Crippen LogP) is 1.73. The van der Waals surface area contributed by atoms with E-state index in [1.807, 2.05) is 6.08 Å². The summed E-state index contributed by atoms with van der Waals surface area (Å²) in [7, 11) is -2.87. The van der Waals surface area contributed by atoms with Crippen molar-refractivity contribution >= 4 is 9.84 Å². The monoisotopic (exact) mass is 198 g/mol. The molecule has 3 aliphatic rings. The minimum Gasteiger partial charge on any atom is -0.224 e. The van der Waals surface area contributed by atoms with Crippen LogP contribution in [-0.2, 0) is 9.84 Å². The summed E-state index contributed by atoms with van der Waals surface area (Å²) in [6.07, 6.45) is 6.46. The van der Waals surface area contributed by atoms with Crippen molar-refractivity contribution in [3.8, 4) is 0 Å². The van der Waals surface area contributed by atoms with E-state index in [-0.39, 0.29) is 5.25 Å². The van der Waals surface area contributed by atoms with Crippen molar-refractivity contribution in [2.24, 2.45) is 17.8 Å². The molecule has 0 N–H and O–H groups in total. The first kappa shape index (κ1) is 8.04. The summed E-state index contributed by atoms with van der Waals surface area (Å²) in [5.74, 6) is 1.67. The van der Waals surface area contributed by atoms with Gasteiger partial charge in [-0.3, -0.25) is 0 Å². The van der Waals surface area contributed by atoms with E-state index in [1.54, 1.807) is 0 Å². The SMILES string of the molecule is O=S1(=O)C=CC[C@@H]2[C@H]3CC[C@H](C3)[C@@H]21. The summed E-state index contributed by atoms with van der Waals surface area (Å²) in [5, 5.41) is 1.45. The number of hydrogen-bond donors (Lipinski definition) is 0. The minimum absolute atomic E-state index is 0.00347. The maximum absolute atomic E-state index is 11.8. The lowest BCUT2D eigenvalue weighted by atomic mass is 9.86. The molecule has 72 valence electrons. The zero-order valence-electron chi connectivity index (χ0n) is 7.52. The van der Waals surface area contributed by atoms with Gasteiger partial charge in [0.05, 0.1) is 5.25 Å². The summed E-state index contributed by atoms with van der Waals surface area (Å²) < 4.78 is 23.5. The van der Waals surface area contributed by atoms with Gasteiger partial charge in [0, 0.05) is 5.41 Å². The molecule has 3 rings (SSSR count). The summed E-state index contributed by atoms with van der Waals surface area (Å²) in [5.41, 5.74) is 0. The number of hydrogen-bond acceptors (Lipinski definition) is 2. The van der Waals surface area contributed by atoms with Crippen molar-refractivity contribution in [1.29, 1.82) is 0 Å². The Kier molecular flexibility index (Phi) is 1.47. The third kappa shape index (κ3) is 0.967. The van der Waals surface area contributed by atoms with Crippen molar-refractivity contribution in [2.45, 2.75) is 30.9 Å². The van der Waals surface area contributed by atoms with E-state index in [9.17, 15) is 8.42 Å². The van der Waals surface area contributed by atoms with Crippen LogP contribution in [0.2, 0.25) is 0 Å². The first-order chi connectivity index (χ1) is 6.18. The van der Waals surface area contributed by atoms with Gasteiger partial charge in [0.25, 0.3) is 0 Å². The van der Waals surface area contributed by atoms with Crippen molar-refractivity contribution < 1.29 is 8.42 Å². The molecular formula is C10H14O2S. The molecule has 2 fully saturated rings. The smallest absolute Gasteiger partial charge is 0.174 e. The van der Waals surface area contributed by atoms with Crippen LogP contribution < -0.4 is 0 Å². The molecule has 0 amide bonds. The predicted molar refractivity (Wildman–Crippen MR) is 50.8 cm³/mol. The lowest BCUT2D eigenvalue weighted by Gasteiger charge is -2.31. The lowest BCUT2D eigenvalue weighted by Crippen LogP contribution is -2.35. The fourth-order valence-electron chi connectivity index (χ4n) is 3.63. The topological polar surface area (TPSA) is 34.1 Å². The largest absolute Gasteiger partial charge is 0.224 e. The van der Waals surface area contributed by atoms with E-state index in [0.717, 1.165) is 18.8 Å². The van der Waals surface area contributed by atoms with Crippen molar-refractivity contribution in [1.82, 2.24) is 0 Å². The second-order valence-corrected chi connectivity index (χ2v) is 6.65. The molecule has 1 aliphatic heterocycles. The fourth-order valence-corrected chi connectivity index (χ4v) is 5.80. The van der Waals surface area contributed by atoms with Crippen LogP contribution in [0, 0.1) is 17.8 Å². The minimum atomic E-state index is -2.87. The van der Waals surface area contributed by atoms with Gasteiger partial charge in [0.2, 0.25) is 0 Å². The van der Waals surface area contributed by atoms with Gasteiger partial charge in [-0.15, -0.1) is 0 Å². The van der Waals surface area contributed by atoms with Crippen molar-refractivity contribution in [3.63, 3.8) is 0 Å². The van der Waals surface area contributed by atoms with E-state index in [2.05, 4.69) is 0 Å². The van der Waals surface area contributed by atoms with Gasteiger partial charge in [-0.1, -0.05) is 6.08 Å². The Morgan fingerprint density at radius 3 is 2.69 bits per heavy atom. The van der Waals surface area contributed by atoms with Crippen molar-refractivity contribution in [3.05, 3.63) is 11.5 Å². The zero-order valence-corrected chi connectivity index (χ0v) is 8.33. The lowest BCUT2D eigenvalue weighted by molar-refractivity contribution is 0.333. The average molecular weight is 198 g/mol. The Morgan fingerprint density at radius 1 is 1.15 bits per heavy atom. The number of rotatable bonds is 0. The molecule has 1 heterocycles. The first-order valence-electron chi connectivity index (χ1n) is 5.09. The second kappa shape index (κ2) is 2.38. The van der Waals surface area contributed by atoms with Gasteiger partial charge in [-0.25, -0.2) is 8.42 Å². The molecule has 2 aliphatic carbocycles. The van der Waals surface area contributed by atoms with Crippen LogP contribution in [-0.4, -0.2) is 13.7 Å². The van der Waals surface area contributed by atoms with Gasteiger partial charge >= 0.3 is 0 Å². The maximum atomic E-state index is 11.8. The zero-order chi connectivity index (χ0) is 9.05. The van der Waals surface area contributed by atoms with Crippen molar-refractivity contribution in [2.75, 3.05) is 0 Å². The Balaban J connectivity index is 2.08. The summed E-state index contributed by atoms with van der Waals surface area (Å²) in [6, 6.07) is 0. The van der Waals surface area contributed by atoms with E-state index in [1.165, 1.54) is 18.2 Å². The second-order valence-electron chi connectivity index (χ2n) is 4.66. The summed E-state index contributed by atoms with van der Waals surface area (Å²) >= 11 is 0. The van der Waals surface area contributed by atoms with Crippen LogP contribution in [0.3, 0.4) is 0 Å². The summed E-state index contributed by atoms with van der Waals surface area (Å²) in [6.45, 7) is 0. The van der Waals surface area contributed by atoms with Crippen LogP contribution in [0.1, 0.15) is 25.7 Å². The number of fused-ring (bicyclic) bond motifs is 5. The molecule has 4 atom stereocenters. The normalized spacial score (nSPS) is 50.8. The molecule has 0 radical (unpaired) electrons. The Morgan fingerprint density at radius 2 is 1.92 bits per heavy atom. The van der Waals surface area contributed by atoms with E-state index in [0.29, 0.717) is 11.8 Å². The van der Waals surface area contributed by atoms with Gasteiger partial charge < -0.3 is 0 Å². The van der Waals surface area contributed by atoms with Crippen LogP contribution >= 0.6 is 0 Å². The van der Waals surface area contributed by atoms with Crippen LogP contribution in [0.5, 0.6) is 0 Å². The highest BCUT2D eigenvalue weighted by molar-refractivity contribution is 7.95. The first-order valence-corrected chi connectivity index (χ1v) is 6.70. The molecule has 0 unspecified atom stereocenters. The third-order valence-corrected chi connectivity index (χ3v) is 6.14. The molecule has 0 aromatic carbocycles. The fraction of sp³-hybridized carbons (Fsp3) is 0.800. The molecular weight excluding hydrogens is 184 g/mol. The Bertz CT molecular complexity index is 355. The number of allylic oxidation sites excluding steroid dienone is 1. The van der Waals surface area contributed by atoms with E-state index >= 15 is 0 Å². The standard InChI is InChI=1S/C10H14O2S/c11-13(12)5-1-2-9-7-3-4-8(6-7)10(9)13/h1,5,7-10H,2-4,6H2/t7-,8+,9+,10-/m0/s1. The molecule has 2 bridgehead atoms. The summed E-state index contributed by atoms with van der Waals surface area (Å²) in [4.78, 5) is 0. The third-order valence-electron chi connectivity index (χ3n) is 4.08. The molecule has 0 spiro atoms. The molecule has 2 nitrogen and oxygen atoms in total. The van der Waals surface area contributed by atoms with Gasteiger partial charge in [-0.2, -0.15) is 0 Å². The van der Waals surface area contributed by atoms with Crippen LogP contribution in [0.15, 0.2) is 11.5 Å². The average Bonchev–Trinajstić information content (AvgIpc) is 2.62. The quantitative estimate of drug-likeness (QED) is 0.594. The van der Waals surface area contributed by atoms with Gasteiger partial charge in [0.1, 0.15) is 0 Å². The Hall–Kier alpha value is -0.310. The van der Waals surface area contributed by atoms with Crippen LogP contribution in [0.25, 0.3) is 0 Å². The highest BCUT2D eigenvalue weighted by Crippen LogP contribution is 2.54. The Labute approximate surface area is 78.9 Å². The molecule has 0 aromatic heterocycles. The maximum Gasteiger partial charge on any atom is 0.174 e. The highest BCUT2D eigenvalue weighted by Gasteiger charge is 2.52.